The van der Waals surface area contributed by atoms with Crippen molar-refractivity contribution in [2.45, 2.75) is 18.2 Å². The van der Waals surface area contributed by atoms with E-state index in [9.17, 15) is 17.2 Å². The number of nitrogens with zero attached hydrogens (tertiary/aromatic N) is 1. The van der Waals surface area contributed by atoms with Gasteiger partial charge in [-0.15, -0.1) is 0 Å². The average molecular weight is 324 g/mol. The van der Waals surface area contributed by atoms with Crippen LogP contribution in [0.25, 0.3) is 0 Å². The predicted octanol–water partition coefficient (Wildman–Crippen LogP) is 0.916. The minimum absolute atomic E-state index is 0.0314. The molecule has 0 spiro atoms. The summed E-state index contributed by atoms with van der Waals surface area (Å²) in [5.41, 5.74) is 5.72. The molecule has 9 heteroatoms. The van der Waals surface area contributed by atoms with E-state index in [0.717, 1.165) is 6.07 Å². The van der Waals surface area contributed by atoms with Gasteiger partial charge >= 0.3 is 0 Å². The fraction of sp³-hybridized carbons (Fsp3) is 0.500. The minimum atomic E-state index is -4.25. The maximum absolute atomic E-state index is 12.5. The van der Waals surface area contributed by atoms with E-state index in [4.69, 9.17) is 15.6 Å². The van der Waals surface area contributed by atoms with Crippen molar-refractivity contribution in [3.8, 4) is 5.75 Å². The number of aliphatic hydroxyl groups is 1. The number of benzene rings is 1. The molecule has 0 saturated heterocycles. The number of aliphatic hydroxyl groups excluding tert-OH is 1. The molecular weight excluding hydrogens is 306 g/mol. The van der Waals surface area contributed by atoms with E-state index in [1.807, 2.05) is 0 Å². The number of ether oxygens (including phenoxy) is 1. The van der Waals surface area contributed by atoms with Crippen LogP contribution < -0.4 is 10.5 Å². The van der Waals surface area contributed by atoms with E-state index in [0.29, 0.717) is 4.31 Å². The van der Waals surface area contributed by atoms with Crippen molar-refractivity contribution < 1.29 is 27.0 Å². The van der Waals surface area contributed by atoms with Gasteiger partial charge < -0.3 is 15.6 Å². The number of sulfonamides is 1. The molecule has 0 fully saturated rings. The Morgan fingerprint density at radius 2 is 2.10 bits per heavy atom. The summed E-state index contributed by atoms with van der Waals surface area (Å²) in [5.74, 6) is 0.0314. The molecule has 0 aliphatic heterocycles. The first-order chi connectivity index (χ1) is 9.82. The number of hydrogen-bond donors (Lipinski definition) is 2. The van der Waals surface area contributed by atoms with Gasteiger partial charge in [0.1, 0.15) is 10.6 Å². The molecule has 0 radical (unpaired) electrons. The van der Waals surface area contributed by atoms with Gasteiger partial charge in [-0.3, -0.25) is 0 Å². The fourth-order valence-electron chi connectivity index (χ4n) is 1.72. The van der Waals surface area contributed by atoms with Gasteiger partial charge in [0.2, 0.25) is 10.0 Å². The summed E-state index contributed by atoms with van der Waals surface area (Å²) < 4.78 is 55.7. The summed E-state index contributed by atoms with van der Waals surface area (Å²) in [5, 5.41) is 8.88. The Bertz CT molecular complexity index is 566. The van der Waals surface area contributed by atoms with E-state index in [-0.39, 0.29) is 22.9 Å². The number of nitrogens with two attached hydrogens (primary N) is 1. The lowest BCUT2D eigenvalue weighted by Gasteiger charge is -2.22. The van der Waals surface area contributed by atoms with Gasteiger partial charge in [0, 0.05) is 12.2 Å². The van der Waals surface area contributed by atoms with Crippen molar-refractivity contribution in [1.29, 1.82) is 0 Å². The Labute approximate surface area is 122 Å². The van der Waals surface area contributed by atoms with Crippen molar-refractivity contribution in [3.63, 3.8) is 0 Å². The molecule has 0 bridgehead atoms. The topological polar surface area (TPSA) is 92.9 Å². The third kappa shape index (κ3) is 4.51. The van der Waals surface area contributed by atoms with Crippen LogP contribution in [0.5, 0.6) is 5.75 Å². The van der Waals surface area contributed by atoms with Crippen LogP contribution in [0.2, 0.25) is 0 Å². The molecule has 21 heavy (non-hydrogen) atoms. The largest absolute Gasteiger partial charge is 0.492 e. The fourth-order valence-corrected chi connectivity index (χ4v) is 3.29. The number of halogens is 2. The monoisotopic (exact) mass is 324 g/mol. The summed E-state index contributed by atoms with van der Waals surface area (Å²) in [6, 6.07) is 3.97. The molecule has 6 nitrogen and oxygen atoms in total. The standard InChI is InChI=1S/C12H18F2N2O4S/c1-2-20-10-4-3-9(15)7-11(10)21(18,19)16(5-6-17)8-12(13)14/h3-4,7,12,17H,2,5-6,8,15H2,1H3. The molecule has 1 aromatic rings. The highest BCUT2D eigenvalue weighted by Crippen LogP contribution is 2.29. The summed E-state index contributed by atoms with van der Waals surface area (Å²) >= 11 is 0. The van der Waals surface area contributed by atoms with Gasteiger partial charge in [-0.05, 0) is 25.1 Å². The van der Waals surface area contributed by atoms with Gasteiger partial charge in [0.05, 0.1) is 19.8 Å². The molecule has 0 aromatic heterocycles. The third-order valence-electron chi connectivity index (χ3n) is 2.58. The summed E-state index contributed by atoms with van der Waals surface area (Å²) in [4.78, 5) is -0.293. The van der Waals surface area contributed by atoms with Crippen LogP contribution in [0.4, 0.5) is 14.5 Å². The normalized spacial score (nSPS) is 12.1. The molecule has 0 unspecified atom stereocenters. The Kier molecular flexibility index (Phi) is 6.31. The summed E-state index contributed by atoms with van der Waals surface area (Å²) in [7, 11) is -4.25. The highest BCUT2D eigenvalue weighted by Gasteiger charge is 2.30. The zero-order valence-electron chi connectivity index (χ0n) is 11.5. The van der Waals surface area contributed by atoms with Gasteiger partial charge in [-0.25, -0.2) is 17.2 Å². The van der Waals surface area contributed by atoms with E-state index in [1.54, 1.807) is 6.92 Å². The van der Waals surface area contributed by atoms with Crippen LogP contribution in [-0.4, -0.2) is 50.6 Å². The molecular formula is C12H18F2N2O4S. The average Bonchev–Trinajstić information content (AvgIpc) is 2.40. The maximum Gasteiger partial charge on any atom is 0.252 e. The molecule has 0 atom stereocenters. The molecule has 1 aromatic carbocycles. The lowest BCUT2D eigenvalue weighted by molar-refractivity contribution is 0.113. The second-order valence-corrected chi connectivity index (χ2v) is 6.02. The molecule has 1 rings (SSSR count). The van der Waals surface area contributed by atoms with Gasteiger partial charge in [0.15, 0.2) is 0 Å². The second-order valence-electron chi connectivity index (χ2n) is 4.12. The predicted molar refractivity (Wildman–Crippen MR) is 73.9 cm³/mol. The molecule has 0 saturated carbocycles. The quantitative estimate of drug-likeness (QED) is 0.694. The minimum Gasteiger partial charge on any atom is -0.492 e. The Hall–Kier alpha value is -1.45. The SMILES string of the molecule is CCOc1ccc(N)cc1S(=O)(=O)N(CCO)CC(F)F. The van der Waals surface area contributed by atoms with Crippen LogP contribution in [0.3, 0.4) is 0 Å². The molecule has 0 amide bonds. The van der Waals surface area contributed by atoms with Crippen molar-refractivity contribution in [1.82, 2.24) is 4.31 Å². The van der Waals surface area contributed by atoms with Gasteiger partial charge in [-0.2, -0.15) is 4.31 Å². The summed E-state index contributed by atoms with van der Waals surface area (Å²) in [6.07, 6.45) is -2.86. The first-order valence-corrected chi connectivity index (χ1v) is 7.68. The zero-order valence-corrected chi connectivity index (χ0v) is 12.3. The molecule has 0 heterocycles. The Morgan fingerprint density at radius 1 is 1.43 bits per heavy atom. The first kappa shape index (κ1) is 17.6. The van der Waals surface area contributed by atoms with E-state index >= 15 is 0 Å². The lowest BCUT2D eigenvalue weighted by atomic mass is 10.3. The number of alkyl halides is 2. The Morgan fingerprint density at radius 3 is 2.62 bits per heavy atom. The third-order valence-corrected chi connectivity index (χ3v) is 4.46. The van der Waals surface area contributed by atoms with Crippen LogP contribution in [0, 0.1) is 0 Å². The van der Waals surface area contributed by atoms with E-state index in [2.05, 4.69) is 0 Å². The second kappa shape index (κ2) is 7.53. The molecule has 3 N–H and O–H groups in total. The smallest absolute Gasteiger partial charge is 0.252 e. The van der Waals surface area contributed by atoms with Crippen LogP contribution in [0.15, 0.2) is 23.1 Å². The molecule has 0 aliphatic carbocycles. The van der Waals surface area contributed by atoms with E-state index < -0.39 is 36.1 Å². The highest BCUT2D eigenvalue weighted by molar-refractivity contribution is 7.89. The van der Waals surface area contributed by atoms with Crippen molar-refractivity contribution in [2.24, 2.45) is 0 Å². The van der Waals surface area contributed by atoms with Crippen LogP contribution in [0.1, 0.15) is 6.92 Å². The number of rotatable bonds is 8. The lowest BCUT2D eigenvalue weighted by Crippen LogP contribution is -2.37. The number of hydrogen-bond acceptors (Lipinski definition) is 5. The van der Waals surface area contributed by atoms with E-state index in [1.165, 1.54) is 12.1 Å². The first-order valence-electron chi connectivity index (χ1n) is 6.24. The maximum atomic E-state index is 12.5. The number of nitrogen functional groups attached to an aromatic ring is 1. The van der Waals surface area contributed by atoms with Crippen LogP contribution in [-0.2, 0) is 10.0 Å². The van der Waals surface area contributed by atoms with Crippen molar-refractivity contribution in [3.05, 3.63) is 18.2 Å². The Balaban J connectivity index is 3.29. The number of anilines is 1. The zero-order chi connectivity index (χ0) is 16.0. The van der Waals surface area contributed by atoms with Crippen molar-refractivity contribution >= 4 is 15.7 Å². The van der Waals surface area contributed by atoms with Gasteiger partial charge in [0.25, 0.3) is 6.43 Å². The highest BCUT2D eigenvalue weighted by atomic mass is 32.2. The van der Waals surface area contributed by atoms with Crippen LogP contribution >= 0.6 is 0 Å². The molecule has 120 valence electrons. The molecule has 0 aliphatic rings. The van der Waals surface area contributed by atoms with Crippen molar-refractivity contribution in [2.75, 3.05) is 32.0 Å². The van der Waals surface area contributed by atoms with Gasteiger partial charge in [-0.1, -0.05) is 0 Å². The summed E-state index contributed by atoms with van der Waals surface area (Å²) in [6.45, 7) is -0.146.